The van der Waals surface area contributed by atoms with Gasteiger partial charge in [0.05, 0.1) is 0 Å². The van der Waals surface area contributed by atoms with Crippen LogP contribution in [0, 0.1) is 0 Å². The molecule has 0 bridgehead atoms. The molecule has 16 heavy (non-hydrogen) atoms. The van der Waals surface area contributed by atoms with Crippen LogP contribution in [-0.2, 0) is 0 Å². The molecule has 0 aromatic heterocycles. The number of hydrogen-bond acceptors (Lipinski definition) is 1. The molecule has 0 aliphatic rings. The second-order valence-corrected chi connectivity index (χ2v) is 4.29. The van der Waals surface area contributed by atoms with Crippen molar-refractivity contribution in [2.24, 2.45) is 0 Å². The highest BCUT2D eigenvalue weighted by atomic mass is 79.9. The van der Waals surface area contributed by atoms with E-state index in [0.717, 1.165) is 5.56 Å². The van der Waals surface area contributed by atoms with E-state index in [4.69, 9.17) is 0 Å². The van der Waals surface area contributed by atoms with Crippen LogP contribution in [0.4, 0.5) is 13.2 Å². The van der Waals surface area contributed by atoms with Gasteiger partial charge in [-0.25, -0.2) is 0 Å². The molecule has 0 fully saturated rings. The van der Waals surface area contributed by atoms with Crippen molar-refractivity contribution in [1.82, 2.24) is 0 Å². The third kappa shape index (κ3) is 4.57. The summed E-state index contributed by atoms with van der Waals surface area (Å²) in [6.07, 6.45) is -1.03. The lowest BCUT2D eigenvalue weighted by molar-refractivity contribution is -0.274. The summed E-state index contributed by atoms with van der Waals surface area (Å²) in [6.45, 7) is 0. The lowest BCUT2D eigenvalue weighted by atomic mass is 10.2. The van der Waals surface area contributed by atoms with Crippen molar-refractivity contribution < 1.29 is 17.9 Å². The summed E-state index contributed by atoms with van der Waals surface area (Å²) < 4.78 is 40.1. The third-order valence-electron chi connectivity index (χ3n) is 1.59. The number of allylic oxidation sites excluding steroid dienone is 1. The summed E-state index contributed by atoms with van der Waals surface area (Å²) in [5.74, 6) is -0.240. The molecule has 1 aromatic rings. The van der Waals surface area contributed by atoms with Gasteiger partial charge in [0.2, 0.25) is 0 Å². The molecule has 6 heteroatoms. The summed E-state index contributed by atoms with van der Waals surface area (Å²) in [7, 11) is 0. The molecule has 0 heterocycles. The normalized spacial score (nSPS) is 12.1. The average molecular weight is 360 g/mol. The summed E-state index contributed by atoms with van der Waals surface area (Å²) in [4.78, 5) is 0. The maximum atomic E-state index is 11.9. The van der Waals surface area contributed by atoms with Crippen LogP contribution < -0.4 is 4.74 Å². The van der Waals surface area contributed by atoms with Crippen molar-refractivity contribution in [3.05, 3.63) is 34.3 Å². The highest BCUT2D eigenvalue weighted by Crippen LogP contribution is 2.28. The van der Waals surface area contributed by atoms with Crippen LogP contribution in [0.1, 0.15) is 5.56 Å². The quantitative estimate of drug-likeness (QED) is 0.707. The van der Waals surface area contributed by atoms with Crippen LogP contribution >= 0.6 is 31.9 Å². The van der Waals surface area contributed by atoms with Crippen LogP contribution in [-0.4, -0.2) is 11.7 Å². The molecule has 1 aromatic carbocycles. The Bertz CT molecular complexity index is 388. The van der Waals surface area contributed by atoms with Gasteiger partial charge in [0, 0.05) is 9.80 Å². The molecule has 0 aliphatic heterocycles. The maximum absolute atomic E-state index is 11.9. The van der Waals surface area contributed by atoms with Crippen molar-refractivity contribution in [1.29, 1.82) is 0 Å². The third-order valence-corrected chi connectivity index (χ3v) is 2.65. The molecule has 0 N–H and O–H groups in total. The number of ether oxygens (including phenoxy) is 1. The van der Waals surface area contributed by atoms with Crippen LogP contribution in [0.2, 0.25) is 0 Å². The first-order valence-electron chi connectivity index (χ1n) is 4.20. The van der Waals surface area contributed by atoms with E-state index in [1.165, 1.54) is 12.1 Å². The Hall–Kier alpha value is -0.490. The summed E-state index contributed by atoms with van der Waals surface area (Å²) in [5, 5.41) is 0.681. The van der Waals surface area contributed by atoms with Crippen molar-refractivity contribution >= 4 is 37.9 Å². The van der Waals surface area contributed by atoms with Gasteiger partial charge in [-0.15, -0.1) is 13.2 Å². The van der Waals surface area contributed by atoms with E-state index in [1.54, 1.807) is 12.1 Å². The highest BCUT2D eigenvalue weighted by Gasteiger charge is 2.31. The average Bonchev–Trinajstić information content (AvgIpc) is 2.14. The summed E-state index contributed by atoms with van der Waals surface area (Å²) in [5.41, 5.74) is 0.786. The lowest BCUT2D eigenvalue weighted by Crippen LogP contribution is -2.17. The van der Waals surface area contributed by atoms with Gasteiger partial charge in [-0.2, -0.15) is 0 Å². The Morgan fingerprint density at radius 3 is 2.50 bits per heavy atom. The molecule has 1 rings (SSSR count). The molecular formula is C10H7Br2F3O. The Kier molecular flexibility index (Phi) is 4.86. The summed E-state index contributed by atoms with van der Waals surface area (Å²) >= 11 is 6.38. The highest BCUT2D eigenvalue weighted by molar-refractivity contribution is 9.10. The zero-order chi connectivity index (χ0) is 12.2. The SMILES string of the molecule is FC(F)(F)Oc1ccc(C=CCBr)c(Br)c1. The van der Waals surface area contributed by atoms with Gasteiger partial charge in [-0.05, 0) is 17.7 Å². The predicted octanol–water partition coefficient (Wildman–Crippen LogP) is 4.76. The standard InChI is InChI=1S/C10H7Br2F3O/c11-5-1-2-7-3-4-8(6-9(7)12)16-10(13,14)15/h1-4,6H,5H2. The molecule has 0 saturated carbocycles. The molecule has 1 nitrogen and oxygen atoms in total. The van der Waals surface area contributed by atoms with Crippen LogP contribution in [0.25, 0.3) is 6.08 Å². The maximum Gasteiger partial charge on any atom is 0.573 e. The van der Waals surface area contributed by atoms with Gasteiger partial charge in [0.25, 0.3) is 0 Å². The van der Waals surface area contributed by atoms with Gasteiger partial charge in [-0.3, -0.25) is 0 Å². The second-order valence-electron chi connectivity index (χ2n) is 2.79. The molecule has 0 spiro atoms. The van der Waals surface area contributed by atoms with E-state index >= 15 is 0 Å². The largest absolute Gasteiger partial charge is 0.573 e. The Balaban J connectivity index is 2.87. The van der Waals surface area contributed by atoms with E-state index in [-0.39, 0.29) is 5.75 Å². The first-order chi connectivity index (χ1) is 7.42. The fraction of sp³-hybridized carbons (Fsp3) is 0.200. The van der Waals surface area contributed by atoms with Crippen LogP contribution in [0.15, 0.2) is 28.7 Å². The molecule has 0 unspecified atom stereocenters. The lowest BCUT2D eigenvalue weighted by Gasteiger charge is -2.09. The van der Waals surface area contributed by atoms with E-state index in [1.807, 2.05) is 6.08 Å². The minimum Gasteiger partial charge on any atom is -0.406 e. The fourth-order valence-corrected chi connectivity index (χ4v) is 1.69. The Morgan fingerprint density at radius 1 is 1.31 bits per heavy atom. The fourth-order valence-electron chi connectivity index (χ4n) is 1.01. The zero-order valence-electron chi connectivity index (χ0n) is 7.89. The van der Waals surface area contributed by atoms with E-state index in [9.17, 15) is 13.2 Å². The number of alkyl halides is 4. The Labute approximate surface area is 108 Å². The minimum absolute atomic E-state index is 0.240. The number of halogens is 5. The molecule has 0 atom stereocenters. The Morgan fingerprint density at radius 2 is 2.00 bits per heavy atom. The van der Waals surface area contributed by atoms with E-state index < -0.39 is 6.36 Å². The number of benzene rings is 1. The van der Waals surface area contributed by atoms with E-state index in [0.29, 0.717) is 9.80 Å². The molecule has 88 valence electrons. The molecule has 0 amide bonds. The minimum atomic E-state index is -4.66. The zero-order valence-corrected chi connectivity index (χ0v) is 11.1. The molecule has 0 aliphatic carbocycles. The van der Waals surface area contributed by atoms with Crippen molar-refractivity contribution in [2.75, 3.05) is 5.33 Å². The molecule has 0 saturated heterocycles. The van der Waals surface area contributed by atoms with Crippen molar-refractivity contribution in [3.8, 4) is 5.75 Å². The van der Waals surface area contributed by atoms with Gasteiger partial charge >= 0.3 is 6.36 Å². The topological polar surface area (TPSA) is 9.23 Å². The van der Waals surface area contributed by atoms with Crippen molar-refractivity contribution in [3.63, 3.8) is 0 Å². The molecule has 0 radical (unpaired) electrons. The number of hydrogen-bond donors (Lipinski definition) is 0. The monoisotopic (exact) mass is 358 g/mol. The summed E-state index contributed by atoms with van der Waals surface area (Å²) in [6, 6.07) is 4.10. The van der Waals surface area contributed by atoms with Gasteiger partial charge in [0.1, 0.15) is 5.75 Å². The van der Waals surface area contributed by atoms with Gasteiger partial charge in [-0.1, -0.05) is 50.1 Å². The number of rotatable bonds is 3. The van der Waals surface area contributed by atoms with Gasteiger partial charge < -0.3 is 4.74 Å². The van der Waals surface area contributed by atoms with Crippen molar-refractivity contribution in [2.45, 2.75) is 6.36 Å². The van der Waals surface area contributed by atoms with Crippen LogP contribution in [0.3, 0.4) is 0 Å². The van der Waals surface area contributed by atoms with Gasteiger partial charge in [0.15, 0.2) is 0 Å². The van der Waals surface area contributed by atoms with E-state index in [2.05, 4.69) is 36.6 Å². The first kappa shape index (κ1) is 13.6. The van der Waals surface area contributed by atoms with Crippen LogP contribution in [0.5, 0.6) is 5.75 Å². The second kappa shape index (κ2) is 5.72. The smallest absolute Gasteiger partial charge is 0.406 e. The molecular weight excluding hydrogens is 353 g/mol. The predicted molar refractivity (Wildman–Crippen MR) is 63.7 cm³/mol. The first-order valence-corrected chi connectivity index (χ1v) is 6.11.